The van der Waals surface area contributed by atoms with Crippen molar-refractivity contribution in [3.63, 3.8) is 0 Å². The van der Waals surface area contributed by atoms with Crippen LogP contribution in [0.15, 0.2) is 55.1 Å². The van der Waals surface area contributed by atoms with E-state index in [0.29, 0.717) is 12.2 Å². The predicted octanol–water partition coefficient (Wildman–Crippen LogP) is 2.75. The van der Waals surface area contributed by atoms with Gasteiger partial charge in [0, 0.05) is 18.5 Å². The Morgan fingerprint density at radius 3 is 3.00 bits per heavy atom. The highest BCUT2D eigenvalue weighted by atomic mass is 16.5. The lowest BCUT2D eigenvalue weighted by Crippen LogP contribution is -2.24. The van der Waals surface area contributed by atoms with Crippen LogP contribution in [0.3, 0.4) is 0 Å². The SMILES string of the molecule is COc1cccc([C@@H]2CC(=O)Nc3c2ncn3-c2cccnc2)c1. The van der Waals surface area contributed by atoms with Gasteiger partial charge in [0.15, 0.2) is 0 Å². The van der Waals surface area contributed by atoms with Gasteiger partial charge in [-0.25, -0.2) is 4.98 Å². The van der Waals surface area contributed by atoms with Crippen molar-refractivity contribution < 1.29 is 9.53 Å². The zero-order valence-corrected chi connectivity index (χ0v) is 13.1. The Bertz CT molecular complexity index is 889. The van der Waals surface area contributed by atoms with Crippen LogP contribution in [-0.4, -0.2) is 27.6 Å². The molecular weight excluding hydrogens is 304 g/mol. The number of amides is 1. The number of nitrogens with one attached hydrogen (secondary N) is 1. The van der Waals surface area contributed by atoms with Crippen molar-refractivity contribution in [1.29, 1.82) is 0 Å². The zero-order valence-electron chi connectivity index (χ0n) is 13.1. The van der Waals surface area contributed by atoms with Gasteiger partial charge in [0.2, 0.25) is 5.91 Å². The highest BCUT2D eigenvalue weighted by Crippen LogP contribution is 2.38. The van der Waals surface area contributed by atoms with Crippen LogP contribution < -0.4 is 10.1 Å². The molecule has 0 radical (unpaired) electrons. The molecule has 0 fully saturated rings. The summed E-state index contributed by atoms with van der Waals surface area (Å²) in [5, 5.41) is 2.94. The predicted molar refractivity (Wildman–Crippen MR) is 89.4 cm³/mol. The van der Waals surface area contributed by atoms with Crippen molar-refractivity contribution in [1.82, 2.24) is 14.5 Å². The molecule has 3 aromatic rings. The number of carbonyl (C=O) groups excluding carboxylic acids is 1. The number of ether oxygens (including phenoxy) is 1. The van der Waals surface area contributed by atoms with Crippen molar-refractivity contribution in [2.75, 3.05) is 12.4 Å². The van der Waals surface area contributed by atoms with Gasteiger partial charge in [-0.1, -0.05) is 12.1 Å². The number of methoxy groups -OCH3 is 1. The van der Waals surface area contributed by atoms with Crippen LogP contribution in [0.4, 0.5) is 5.82 Å². The second kappa shape index (κ2) is 5.81. The maximum Gasteiger partial charge on any atom is 0.226 e. The van der Waals surface area contributed by atoms with Gasteiger partial charge in [-0.05, 0) is 29.8 Å². The summed E-state index contributed by atoms with van der Waals surface area (Å²) in [4.78, 5) is 20.9. The van der Waals surface area contributed by atoms with E-state index in [2.05, 4.69) is 15.3 Å². The summed E-state index contributed by atoms with van der Waals surface area (Å²) in [7, 11) is 1.63. The smallest absolute Gasteiger partial charge is 0.226 e. The Hall–Kier alpha value is -3.15. The number of aromatic nitrogens is 3. The molecule has 0 saturated carbocycles. The van der Waals surface area contributed by atoms with Crippen LogP contribution in [0, 0.1) is 0 Å². The quantitative estimate of drug-likeness (QED) is 0.805. The Balaban J connectivity index is 1.81. The molecule has 1 atom stereocenters. The molecule has 1 aromatic carbocycles. The molecule has 6 heteroatoms. The molecule has 1 amide bonds. The second-order valence-electron chi connectivity index (χ2n) is 5.64. The largest absolute Gasteiger partial charge is 0.497 e. The number of nitrogens with zero attached hydrogens (tertiary/aromatic N) is 3. The first-order chi connectivity index (χ1) is 11.8. The molecule has 120 valence electrons. The fourth-order valence-electron chi connectivity index (χ4n) is 3.03. The normalized spacial score (nSPS) is 16.4. The molecular formula is C18H16N4O2. The second-order valence-corrected chi connectivity index (χ2v) is 5.64. The van der Waals surface area contributed by atoms with Gasteiger partial charge in [0.05, 0.1) is 24.7 Å². The highest BCUT2D eigenvalue weighted by Gasteiger charge is 2.31. The van der Waals surface area contributed by atoms with E-state index in [1.165, 1.54) is 0 Å². The molecule has 1 N–H and O–H groups in total. The number of anilines is 1. The Labute approximate surface area is 139 Å². The van der Waals surface area contributed by atoms with Crippen LogP contribution in [0.5, 0.6) is 5.75 Å². The minimum atomic E-state index is -0.0956. The molecule has 1 aliphatic heterocycles. The lowest BCUT2D eigenvalue weighted by molar-refractivity contribution is -0.116. The first kappa shape index (κ1) is 14.4. The molecule has 0 saturated heterocycles. The lowest BCUT2D eigenvalue weighted by atomic mass is 9.89. The van der Waals surface area contributed by atoms with Gasteiger partial charge in [-0.3, -0.25) is 14.3 Å². The summed E-state index contributed by atoms with van der Waals surface area (Å²) in [6.45, 7) is 0. The summed E-state index contributed by atoms with van der Waals surface area (Å²) in [6, 6.07) is 11.6. The number of hydrogen-bond acceptors (Lipinski definition) is 4. The number of benzene rings is 1. The van der Waals surface area contributed by atoms with Crippen LogP contribution in [-0.2, 0) is 4.79 Å². The van der Waals surface area contributed by atoms with Crippen molar-refractivity contribution in [2.24, 2.45) is 0 Å². The van der Waals surface area contributed by atoms with Crippen LogP contribution in [0.25, 0.3) is 5.69 Å². The monoisotopic (exact) mass is 320 g/mol. The molecule has 0 aliphatic carbocycles. The minimum absolute atomic E-state index is 0.0269. The summed E-state index contributed by atoms with van der Waals surface area (Å²) >= 11 is 0. The molecule has 0 bridgehead atoms. The first-order valence-corrected chi connectivity index (χ1v) is 7.67. The lowest BCUT2D eigenvalue weighted by Gasteiger charge is -2.23. The maximum atomic E-state index is 12.2. The molecule has 24 heavy (non-hydrogen) atoms. The third-order valence-corrected chi connectivity index (χ3v) is 4.19. The van der Waals surface area contributed by atoms with Gasteiger partial charge >= 0.3 is 0 Å². The van der Waals surface area contributed by atoms with Crippen molar-refractivity contribution in [3.8, 4) is 11.4 Å². The molecule has 6 nitrogen and oxygen atoms in total. The van der Waals surface area contributed by atoms with E-state index < -0.39 is 0 Å². The zero-order chi connectivity index (χ0) is 16.5. The van der Waals surface area contributed by atoms with E-state index in [1.807, 2.05) is 41.0 Å². The van der Waals surface area contributed by atoms with E-state index in [0.717, 1.165) is 22.7 Å². The maximum absolute atomic E-state index is 12.2. The molecule has 1 aliphatic rings. The van der Waals surface area contributed by atoms with E-state index in [1.54, 1.807) is 25.8 Å². The molecule has 3 heterocycles. The number of imidazole rings is 1. The number of hydrogen-bond donors (Lipinski definition) is 1. The van der Waals surface area contributed by atoms with Crippen molar-refractivity contribution >= 4 is 11.7 Å². The molecule has 4 rings (SSSR count). The molecule has 0 spiro atoms. The van der Waals surface area contributed by atoms with Crippen LogP contribution in [0.1, 0.15) is 23.6 Å². The number of pyridine rings is 1. The van der Waals surface area contributed by atoms with E-state index in [9.17, 15) is 4.79 Å². The molecule has 0 unspecified atom stereocenters. The topological polar surface area (TPSA) is 69.0 Å². The van der Waals surface area contributed by atoms with Crippen molar-refractivity contribution in [2.45, 2.75) is 12.3 Å². The van der Waals surface area contributed by atoms with Crippen LogP contribution in [0.2, 0.25) is 0 Å². The van der Waals surface area contributed by atoms with Gasteiger partial charge in [-0.2, -0.15) is 0 Å². The standard InChI is InChI=1S/C18H16N4O2/c1-24-14-6-2-4-12(8-14)15-9-16(23)21-18-17(15)20-11-22(18)13-5-3-7-19-10-13/h2-8,10-11,15H,9H2,1H3,(H,21,23)/t15-/m0/s1. The minimum Gasteiger partial charge on any atom is -0.497 e. The number of fused-ring (bicyclic) bond motifs is 1. The third-order valence-electron chi connectivity index (χ3n) is 4.19. The van der Waals surface area contributed by atoms with Gasteiger partial charge in [-0.15, -0.1) is 0 Å². The van der Waals surface area contributed by atoms with E-state index >= 15 is 0 Å². The average molecular weight is 320 g/mol. The van der Waals surface area contributed by atoms with Gasteiger partial charge in [0.1, 0.15) is 17.9 Å². The van der Waals surface area contributed by atoms with Gasteiger partial charge in [0.25, 0.3) is 0 Å². The number of rotatable bonds is 3. The fraction of sp³-hybridized carbons (Fsp3) is 0.167. The Morgan fingerprint density at radius 1 is 1.29 bits per heavy atom. The van der Waals surface area contributed by atoms with Crippen molar-refractivity contribution in [3.05, 3.63) is 66.4 Å². The van der Waals surface area contributed by atoms with E-state index in [4.69, 9.17) is 4.74 Å². The summed E-state index contributed by atoms with van der Waals surface area (Å²) in [6.07, 6.45) is 5.54. The average Bonchev–Trinajstić information content (AvgIpc) is 3.05. The fourth-order valence-corrected chi connectivity index (χ4v) is 3.03. The first-order valence-electron chi connectivity index (χ1n) is 7.67. The summed E-state index contributed by atoms with van der Waals surface area (Å²) < 4.78 is 7.15. The van der Waals surface area contributed by atoms with Crippen LogP contribution >= 0.6 is 0 Å². The Morgan fingerprint density at radius 2 is 2.21 bits per heavy atom. The summed E-state index contributed by atoms with van der Waals surface area (Å²) in [5.74, 6) is 1.35. The summed E-state index contributed by atoms with van der Waals surface area (Å²) in [5.41, 5.74) is 2.73. The highest BCUT2D eigenvalue weighted by molar-refractivity contribution is 5.94. The van der Waals surface area contributed by atoms with E-state index in [-0.39, 0.29) is 11.8 Å². The third kappa shape index (κ3) is 2.42. The number of carbonyl (C=O) groups is 1. The Kier molecular flexibility index (Phi) is 3.49. The molecule has 2 aromatic heterocycles. The van der Waals surface area contributed by atoms with Gasteiger partial charge < -0.3 is 10.1 Å².